The molecule has 4 aromatic rings. The number of fused-ring (bicyclic) bond motifs is 1. The highest BCUT2D eigenvalue weighted by atomic mass is 35.5. The van der Waals surface area contributed by atoms with Crippen LogP contribution in [0.2, 0.25) is 5.02 Å². The summed E-state index contributed by atoms with van der Waals surface area (Å²) in [6.07, 6.45) is 3.23. The van der Waals surface area contributed by atoms with E-state index in [4.69, 9.17) is 26.1 Å². The van der Waals surface area contributed by atoms with Crippen LogP contribution in [-0.4, -0.2) is 81.3 Å². The first-order valence-corrected chi connectivity index (χ1v) is 13.8. The van der Waals surface area contributed by atoms with Crippen LogP contribution < -0.4 is 9.47 Å². The van der Waals surface area contributed by atoms with E-state index in [9.17, 15) is 8.78 Å². The Morgan fingerprint density at radius 2 is 1.85 bits per heavy atom. The molecule has 0 N–H and O–H groups in total. The minimum Gasteiger partial charge on any atom is -0.492 e. The molecular formula is C29H31ClF2N6O2. The van der Waals surface area contributed by atoms with E-state index in [1.807, 2.05) is 19.1 Å². The van der Waals surface area contributed by atoms with E-state index >= 15 is 0 Å². The maximum absolute atomic E-state index is 14.7. The first-order chi connectivity index (χ1) is 19.3. The normalized spacial score (nSPS) is 17.3. The average molecular weight is 569 g/mol. The summed E-state index contributed by atoms with van der Waals surface area (Å²) in [7, 11) is 2.13. The topological polar surface area (TPSA) is 68.5 Å². The molecule has 3 heterocycles. The summed E-state index contributed by atoms with van der Waals surface area (Å²) in [5.74, 6) is -0.391. The number of hydrogen-bond acceptors (Lipinski definition) is 7. The van der Waals surface area contributed by atoms with Gasteiger partial charge in [-0.25, -0.2) is 18.7 Å². The van der Waals surface area contributed by atoms with Crippen molar-refractivity contribution in [1.82, 2.24) is 29.3 Å². The van der Waals surface area contributed by atoms with Gasteiger partial charge in [0.05, 0.1) is 11.6 Å². The summed E-state index contributed by atoms with van der Waals surface area (Å²) in [5, 5.41) is 0.415. The number of aromatic nitrogens is 4. The minimum absolute atomic E-state index is 0.0112. The second-order valence-electron chi connectivity index (χ2n) is 10.8. The Hall–Kier alpha value is -3.34. The van der Waals surface area contributed by atoms with Gasteiger partial charge in [0.1, 0.15) is 30.1 Å². The quantitative estimate of drug-likeness (QED) is 0.280. The molecule has 1 aliphatic heterocycles. The lowest BCUT2D eigenvalue weighted by Gasteiger charge is -2.32. The summed E-state index contributed by atoms with van der Waals surface area (Å²) >= 11 is 6.77. The third-order valence-corrected chi connectivity index (χ3v) is 7.92. The molecule has 11 heteroatoms. The van der Waals surface area contributed by atoms with Crippen LogP contribution >= 0.6 is 11.6 Å². The monoisotopic (exact) mass is 568 g/mol. The number of hydrogen-bond donors (Lipinski definition) is 0. The number of piperazine rings is 1. The zero-order chi connectivity index (χ0) is 27.9. The van der Waals surface area contributed by atoms with E-state index in [2.05, 4.69) is 26.8 Å². The second kappa shape index (κ2) is 10.9. The van der Waals surface area contributed by atoms with Crippen molar-refractivity contribution in [3.63, 3.8) is 0 Å². The van der Waals surface area contributed by atoms with Crippen LogP contribution in [0.4, 0.5) is 8.78 Å². The van der Waals surface area contributed by atoms with Gasteiger partial charge < -0.3 is 18.9 Å². The Morgan fingerprint density at radius 1 is 1.05 bits per heavy atom. The number of benzene rings is 2. The fourth-order valence-electron chi connectivity index (χ4n) is 4.83. The number of nitrogens with zero attached hydrogens (tertiary/aromatic N) is 6. The van der Waals surface area contributed by atoms with Crippen molar-refractivity contribution < 1.29 is 18.3 Å². The number of ether oxygens (including phenoxy) is 2. The van der Waals surface area contributed by atoms with E-state index in [0.717, 1.165) is 51.6 Å². The molecule has 8 nitrogen and oxygen atoms in total. The van der Waals surface area contributed by atoms with Gasteiger partial charge in [-0.2, -0.15) is 4.98 Å². The molecular weight excluding hydrogens is 538 g/mol. The molecule has 210 valence electrons. The number of rotatable bonds is 9. The number of imidazole rings is 1. The van der Waals surface area contributed by atoms with Crippen molar-refractivity contribution in [3.8, 4) is 23.0 Å². The van der Waals surface area contributed by atoms with Crippen LogP contribution in [0.5, 0.6) is 11.6 Å². The van der Waals surface area contributed by atoms with Crippen LogP contribution in [0.3, 0.4) is 0 Å². The van der Waals surface area contributed by atoms with Crippen molar-refractivity contribution in [2.75, 3.05) is 46.4 Å². The highest BCUT2D eigenvalue weighted by Crippen LogP contribution is 2.41. The van der Waals surface area contributed by atoms with Crippen LogP contribution in [0, 0.1) is 11.6 Å². The van der Waals surface area contributed by atoms with E-state index in [0.29, 0.717) is 45.8 Å². The molecule has 6 rings (SSSR count). The molecule has 1 aliphatic carbocycles. The molecule has 0 spiro atoms. The molecule has 2 fully saturated rings. The third kappa shape index (κ3) is 5.61. The molecule has 2 aliphatic rings. The molecule has 2 aromatic carbocycles. The summed E-state index contributed by atoms with van der Waals surface area (Å²) in [4.78, 5) is 18.3. The van der Waals surface area contributed by atoms with Gasteiger partial charge in [-0.3, -0.25) is 4.90 Å². The molecule has 1 saturated carbocycles. The van der Waals surface area contributed by atoms with Crippen molar-refractivity contribution in [2.24, 2.45) is 0 Å². The SMILES string of the molecule is CN1CCN(CCOc2ccc(-c3nc4c(OC5(C)CC5)ncnc4n3Cc3cccc(F)c3F)c(Cl)c2)CC1. The molecule has 2 aromatic heterocycles. The van der Waals surface area contributed by atoms with E-state index in [-0.39, 0.29) is 17.7 Å². The van der Waals surface area contributed by atoms with Gasteiger partial charge in [0, 0.05) is 43.9 Å². The Balaban J connectivity index is 1.31. The smallest absolute Gasteiger partial charge is 0.245 e. The molecule has 0 amide bonds. The lowest BCUT2D eigenvalue weighted by Crippen LogP contribution is -2.45. The highest BCUT2D eigenvalue weighted by Gasteiger charge is 2.41. The fraction of sp³-hybridized carbons (Fsp3) is 0.414. The van der Waals surface area contributed by atoms with Gasteiger partial charge in [-0.05, 0) is 51.1 Å². The Kier molecular flexibility index (Phi) is 7.33. The predicted molar refractivity (Wildman–Crippen MR) is 149 cm³/mol. The summed E-state index contributed by atoms with van der Waals surface area (Å²) < 4.78 is 42.7. The molecule has 0 unspecified atom stereocenters. The van der Waals surface area contributed by atoms with E-state index in [1.165, 1.54) is 18.5 Å². The lowest BCUT2D eigenvalue weighted by atomic mass is 10.1. The van der Waals surface area contributed by atoms with Crippen LogP contribution in [0.1, 0.15) is 25.3 Å². The maximum Gasteiger partial charge on any atom is 0.245 e. The fourth-order valence-corrected chi connectivity index (χ4v) is 5.08. The second-order valence-corrected chi connectivity index (χ2v) is 11.2. The lowest BCUT2D eigenvalue weighted by molar-refractivity contribution is 0.134. The summed E-state index contributed by atoms with van der Waals surface area (Å²) in [6.45, 7) is 7.54. The molecule has 0 bridgehead atoms. The van der Waals surface area contributed by atoms with Crippen LogP contribution in [-0.2, 0) is 6.54 Å². The molecule has 40 heavy (non-hydrogen) atoms. The summed E-state index contributed by atoms with van der Waals surface area (Å²) in [5.41, 5.74) is 1.35. The van der Waals surface area contributed by atoms with Gasteiger partial charge >= 0.3 is 0 Å². The van der Waals surface area contributed by atoms with E-state index < -0.39 is 11.6 Å². The van der Waals surface area contributed by atoms with Gasteiger partial charge in [0.2, 0.25) is 5.88 Å². The standard InChI is InChI=1S/C29H31ClF2N6O2/c1-29(8-9-29)40-28-25-27(33-18-34-28)38(17-19-4-3-5-23(31)24(19)32)26(35-25)21-7-6-20(16-22(21)30)39-15-14-37-12-10-36(2)11-13-37/h3-7,16,18H,8-15,17H2,1-2H3. The molecule has 1 saturated heterocycles. The first-order valence-electron chi connectivity index (χ1n) is 13.5. The van der Waals surface area contributed by atoms with Crippen molar-refractivity contribution >= 4 is 22.8 Å². The van der Waals surface area contributed by atoms with Gasteiger partial charge in [-0.1, -0.05) is 23.7 Å². The van der Waals surface area contributed by atoms with Crippen LogP contribution in [0.15, 0.2) is 42.7 Å². The Labute approximate surface area is 236 Å². The molecule has 0 radical (unpaired) electrons. The van der Waals surface area contributed by atoms with Gasteiger partial charge in [0.15, 0.2) is 22.8 Å². The Morgan fingerprint density at radius 3 is 2.60 bits per heavy atom. The minimum atomic E-state index is -0.917. The molecule has 0 atom stereocenters. The largest absolute Gasteiger partial charge is 0.492 e. The van der Waals surface area contributed by atoms with Crippen LogP contribution in [0.25, 0.3) is 22.6 Å². The third-order valence-electron chi connectivity index (χ3n) is 7.61. The summed E-state index contributed by atoms with van der Waals surface area (Å²) in [6, 6.07) is 9.52. The maximum atomic E-state index is 14.7. The number of halogens is 3. The predicted octanol–water partition coefficient (Wildman–Crippen LogP) is 5.03. The first kappa shape index (κ1) is 26.9. The zero-order valence-electron chi connectivity index (χ0n) is 22.5. The van der Waals surface area contributed by atoms with Gasteiger partial charge in [-0.15, -0.1) is 0 Å². The van der Waals surface area contributed by atoms with Crippen molar-refractivity contribution in [2.45, 2.75) is 31.9 Å². The van der Waals surface area contributed by atoms with Crippen molar-refractivity contribution in [3.05, 3.63) is 64.9 Å². The van der Waals surface area contributed by atoms with Gasteiger partial charge in [0.25, 0.3) is 0 Å². The van der Waals surface area contributed by atoms with E-state index in [1.54, 1.807) is 10.6 Å². The highest BCUT2D eigenvalue weighted by molar-refractivity contribution is 6.33. The number of likely N-dealkylation sites (N-methyl/N-ethyl adjacent to an activating group) is 1. The Bertz CT molecular complexity index is 1530. The average Bonchev–Trinajstić information content (AvgIpc) is 3.55. The zero-order valence-corrected chi connectivity index (χ0v) is 23.3. The van der Waals surface area contributed by atoms with Crippen molar-refractivity contribution in [1.29, 1.82) is 0 Å².